The molecular formula is C18H23NS3. The van der Waals surface area contributed by atoms with Crippen molar-refractivity contribution in [1.29, 1.82) is 0 Å². The van der Waals surface area contributed by atoms with Gasteiger partial charge in [0.2, 0.25) is 0 Å². The van der Waals surface area contributed by atoms with Gasteiger partial charge in [-0.2, -0.15) is 12.6 Å². The summed E-state index contributed by atoms with van der Waals surface area (Å²) in [6, 6.07) is 0. The van der Waals surface area contributed by atoms with Crippen LogP contribution in [0.1, 0.15) is 48.4 Å². The third-order valence-electron chi connectivity index (χ3n) is 5.58. The van der Waals surface area contributed by atoms with Crippen molar-refractivity contribution < 1.29 is 0 Å². The largest absolute Gasteiger partial charge is 0.345 e. The van der Waals surface area contributed by atoms with Gasteiger partial charge < -0.3 is 4.57 Å². The van der Waals surface area contributed by atoms with Gasteiger partial charge in [-0.15, -0.1) is 25.3 Å². The second-order valence-corrected chi connectivity index (χ2v) is 7.98. The summed E-state index contributed by atoms with van der Waals surface area (Å²) < 4.78 is 2.28. The number of rotatable bonds is 0. The number of thiol groups is 3. The Morgan fingerprint density at radius 2 is 1.55 bits per heavy atom. The number of benzene rings is 1. The quantitative estimate of drug-likeness (QED) is 0.495. The highest BCUT2D eigenvalue weighted by Gasteiger charge is 2.33. The van der Waals surface area contributed by atoms with Gasteiger partial charge in [-0.25, -0.2) is 0 Å². The highest BCUT2D eigenvalue weighted by Crippen LogP contribution is 2.50. The lowest BCUT2D eigenvalue weighted by Gasteiger charge is -2.29. The molecule has 0 spiro atoms. The topological polar surface area (TPSA) is 4.93 Å². The molecule has 1 heterocycles. The van der Waals surface area contributed by atoms with Crippen molar-refractivity contribution in [3.63, 3.8) is 0 Å². The van der Waals surface area contributed by atoms with Gasteiger partial charge >= 0.3 is 0 Å². The SMILES string of the molecule is CC1=C(C)C(C)C(S)c2c1c1c(C)c(C)c(S)c(S)c1n2C. The van der Waals surface area contributed by atoms with Crippen LogP contribution in [-0.2, 0) is 7.05 Å². The van der Waals surface area contributed by atoms with Gasteiger partial charge in [-0.05, 0) is 50.3 Å². The van der Waals surface area contributed by atoms with E-state index in [9.17, 15) is 0 Å². The lowest BCUT2D eigenvalue weighted by Crippen LogP contribution is -2.16. The second kappa shape index (κ2) is 5.29. The van der Waals surface area contributed by atoms with Gasteiger partial charge in [0.25, 0.3) is 0 Å². The standard InChI is InChI=1S/C18H23NS3/c1-7-8(2)12-13-9(3)11(5)17(21)18(22)15(13)19(6)14(12)16(20)10(7)4/h10,16,20-22H,1-6H3. The van der Waals surface area contributed by atoms with E-state index in [1.165, 1.54) is 44.4 Å². The second-order valence-electron chi connectivity index (χ2n) is 6.53. The lowest BCUT2D eigenvalue weighted by molar-refractivity contribution is 0.623. The fraction of sp³-hybridized carbons (Fsp3) is 0.444. The Balaban J connectivity index is 2.61. The van der Waals surface area contributed by atoms with Crippen LogP contribution >= 0.6 is 37.9 Å². The molecule has 0 N–H and O–H groups in total. The summed E-state index contributed by atoms with van der Waals surface area (Å²) in [5, 5.41) is 1.53. The molecule has 0 aliphatic heterocycles. The van der Waals surface area contributed by atoms with Crippen LogP contribution in [-0.4, -0.2) is 4.57 Å². The first-order valence-electron chi connectivity index (χ1n) is 7.59. The maximum atomic E-state index is 4.94. The minimum absolute atomic E-state index is 0.215. The molecule has 2 aromatic rings. The van der Waals surface area contributed by atoms with Gasteiger partial charge in [0.1, 0.15) is 0 Å². The Kier molecular flexibility index (Phi) is 3.94. The number of allylic oxidation sites excluding steroid dienone is 2. The normalized spacial score (nSPS) is 21.7. The van der Waals surface area contributed by atoms with Crippen LogP contribution in [0.15, 0.2) is 15.4 Å². The van der Waals surface area contributed by atoms with E-state index in [-0.39, 0.29) is 5.25 Å². The summed E-state index contributed by atoms with van der Waals surface area (Å²) >= 11 is 14.4. The van der Waals surface area contributed by atoms with Crippen LogP contribution in [0.4, 0.5) is 0 Å². The van der Waals surface area contributed by atoms with Crippen LogP contribution in [0.3, 0.4) is 0 Å². The van der Waals surface area contributed by atoms with E-state index in [4.69, 9.17) is 25.3 Å². The van der Waals surface area contributed by atoms with Crippen LogP contribution in [0.25, 0.3) is 16.5 Å². The van der Waals surface area contributed by atoms with E-state index < -0.39 is 0 Å². The summed E-state index contributed by atoms with van der Waals surface area (Å²) in [7, 11) is 2.13. The van der Waals surface area contributed by atoms with E-state index >= 15 is 0 Å². The molecule has 1 aromatic heterocycles. The average Bonchev–Trinajstić information content (AvgIpc) is 2.80. The van der Waals surface area contributed by atoms with Gasteiger partial charge in [0.05, 0.1) is 5.52 Å². The zero-order chi connectivity index (χ0) is 16.5. The van der Waals surface area contributed by atoms with Crippen molar-refractivity contribution in [1.82, 2.24) is 4.57 Å². The van der Waals surface area contributed by atoms with E-state index in [0.717, 1.165) is 9.79 Å². The minimum Gasteiger partial charge on any atom is -0.345 e. The smallest absolute Gasteiger partial charge is 0.0636 e. The summed E-state index contributed by atoms with van der Waals surface area (Å²) in [6.45, 7) is 11.1. The number of fused-ring (bicyclic) bond motifs is 3. The third-order valence-corrected chi connectivity index (χ3v) is 7.45. The van der Waals surface area contributed by atoms with Crippen molar-refractivity contribution in [2.75, 3.05) is 0 Å². The zero-order valence-electron chi connectivity index (χ0n) is 13.9. The average molecular weight is 350 g/mol. The maximum absolute atomic E-state index is 4.94. The molecule has 1 aromatic carbocycles. The minimum atomic E-state index is 0.215. The van der Waals surface area contributed by atoms with E-state index in [2.05, 4.69) is 58.9 Å². The zero-order valence-corrected chi connectivity index (χ0v) is 16.6. The molecule has 2 unspecified atom stereocenters. The molecule has 0 saturated carbocycles. The van der Waals surface area contributed by atoms with Gasteiger partial charge in [-0.3, -0.25) is 0 Å². The molecule has 3 rings (SSSR count). The number of hydrogen-bond acceptors (Lipinski definition) is 3. The maximum Gasteiger partial charge on any atom is 0.0636 e. The molecule has 0 bridgehead atoms. The molecular weight excluding hydrogens is 326 g/mol. The Morgan fingerprint density at radius 3 is 2.14 bits per heavy atom. The molecule has 22 heavy (non-hydrogen) atoms. The van der Waals surface area contributed by atoms with Crippen molar-refractivity contribution in [3.8, 4) is 0 Å². The monoisotopic (exact) mass is 349 g/mol. The molecule has 118 valence electrons. The van der Waals surface area contributed by atoms with E-state index in [0.29, 0.717) is 5.92 Å². The Bertz CT molecular complexity index is 842. The first-order chi connectivity index (χ1) is 10.2. The Labute approximate surface area is 149 Å². The van der Waals surface area contributed by atoms with Crippen LogP contribution in [0, 0.1) is 19.8 Å². The predicted octanol–water partition coefficient (Wildman–Crippen LogP) is 5.79. The summed E-state index contributed by atoms with van der Waals surface area (Å²) in [6.07, 6.45) is 0. The molecule has 0 saturated heterocycles. The molecule has 1 nitrogen and oxygen atoms in total. The molecule has 0 amide bonds. The lowest BCUT2D eigenvalue weighted by atomic mass is 9.82. The first-order valence-corrected chi connectivity index (χ1v) is 9.00. The first kappa shape index (κ1) is 16.4. The summed E-state index contributed by atoms with van der Waals surface area (Å²) in [5.41, 5.74) is 9.20. The highest BCUT2D eigenvalue weighted by molar-refractivity contribution is 7.83. The van der Waals surface area contributed by atoms with Gasteiger partial charge in [0, 0.05) is 38.7 Å². The van der Waals surface area contributed by atoms with Crippen LogP contribution < -0.4 is 0 Å². The van der Waals surface area contributed by atoms with E-state index in [1.54, 1.807) is 0 Å². The molecule has 1 aliphatic carbocycles. The molecule has 1 aliphatic rings. The third kappa shape index (κ3) is 1.90. The predicted molar refractivity (Wildman–Crippen MR) is 106 cm³/mol. The van der Waals surface area contributed by atoms with Crippen molar-refractivity contribution in [3.05, 3.63) is 28.0 Å². The van der Waals surface area contributed by atoms with Crippen LogP contribution in [0.5, 0.6) is 0 Å². The molecule has 4 heteroatoms. The van der Waals surface area contributed by atoms with Gasteiger partial charge in [-0.1, -0.05) is 12.5 Å². The number of aromatic nitrogens is 1. The Hall–Kier alpha value is -0.450. The number of nitrogens with zero attached hydrogens (tertiary/aromatic N) is 1. The molecule has 2 atom stereocenters. The number of aryl methyl sites for hydroxylation is 2. The summed E-state index contributed by atoms with van der Waals surface area (Å²) in [4.78, 5) is 1.95. The summed E-state index contributed by atoms with van der Waals surface area (Å²) in [5.74, 6) is 0.444. The molecule has 0 radical (unpaired) electrons. The fourth-order valence-corrected chi connectivity index (χ4v) is 4.97. The van der Waals surface area contributed by atoms with Crippen LogP contribution in [0.2, 0.25) is 0 Å². The van der Waals surface area contributed by atoms with Crippen molar-refractivity contribution in [2.24, 2.45) is 13.0 Å². The van der Waals surface area contributed by atoms with Crippen molar-refractivity contribution >= 4 is 54.4 Å². The fourth-order valence-electron chi connectivity index (χ4n) is 3.74. The highest BCUT2D eigenvalue weighted by atomic mass is 32.1. The number of hydrogen-bond donors (Lipinski definition) is 3. The van der Waals surface area contributed by atoms with E-state index in [1.807, 2.05) is 0 Å². The Morgan fingerprint density at radius 1 is 0.955 bits per heavy atom. The van der Waals surface area contributed by atoms with Crippen molar-refractivity contribution in [2.45, 2.75) is 49.7 Å². The van der Waals surface area contributed by atoms with Gasteiger partial charge in [0.15, 0.2) is 0 Å². The molecule has 0 fully saturated rings.